The van der Waals surface area contributed by atoms with Crippen LogP contribution in [0.1, 0.15) is 32.3 Å². The Kier molecular flexibility index (Phi) is 6.15. The summed E-state index contributed by atoms with van der Waals surface area (Å²) in [6.07, 6.45) is 2.23. The summed E-state index contributed by atoms with van der Waals surface area (Å²) < 4.78 is 4.90. The first-order valence-electron chi connectivity index (χ1n) is 6.30. The van der Waals surface area contributed by atoms with Gasteiger partial charge in [-0.25, -0.2) is 4.79 Å². The molecule has 0 heterocycles. The maximum atomic E-state index is 11.5. The number of benzene rings is 1. The zero-order valence-corrected chi connectivity index (χ0v) is 10.9. The Labute approximate surface area is 108 Å². The smallest absolute Gasteiger partial charge is 0.331 e. The molecule has 0 radical (unpaired) electrons. The van der Waals surface area contributed by atoms with Crippen LogP contribution in [0, 0.1) is 0 Å². The Morgan fingerprint density at radius 1 is 1.33 bits per heavy atom. The molecule has 0 saturated carbocycles. The molecule has 3 heteroatoms. The zero-order chi connectivity index (χ0) is 13.4. The molecule has 1 rings (SSSR count). The van der Waals surface area contributed by atoms with Crippen LogP contribution in [0.15, 0.2) is 36.4 Å². The highest BCUT2D eigenvalue weighted by atomic mass is 16.5. The molecule has 1 aromatic carbocycles. The number of carbonyl (C=O) groups excluding carboxylic acids is 1. The molecule has 18 heavy (non-hydrogen) atoms. The molecular formula is C15H20O3. The fraction of sp³-hybridized carbons (Fsp3) is 0.400. The molecule has 98 valence electrons. The molecule has 1 N–H and O–H groups in total. The molecule has 0 aliphatic carbocycles. The van der Waals surface area contributed by atoms with Gasteiger partial charge in [0, 0.05) is 6.08 Å². The van der Waals surface area contributed by atoms with Gasteiger partial charge in [-0.05, 0) is 24.5 Å². The van der Waals surface area contributed by atoms with E-state index in [0.29, 0.717) is 18.6 Å². The lowest BCUT2D eigenvalue weighted by molar-refractivity contribution is -0.137. The van der Waals surface area contributed by atoms with Gasteiger partial charge in [-0.2, -0.15) is 0 Å². The van der Waals surface area contributed by atoms with Crippen LogP contribution in [-0.4, -0.2) is 23.8 Å². The molecule has 0 bridgehead atoms. The van der Waals surface area contributed by atoms with Crippen molar-refractivity contribution in [2.45, 2.75) is 32.8 Å². The molecule has 0 spiro atoms. The second-order valence-electron chi connectivity index (χ2n) is 4.02. The highest BCUT2D eigenvalue weighted by Gasteiger charge is 2.14. The van der Waals surface area contributed by atoms with Crippen molar-refractivity contribution < 1.29 is 14.6 Å². The Morgan fingerprint density at radius 3 is 2.56 bits per heavy atom. The van der Waals surface area contributed by atoms with Gasteiger partial charge in [0.25, 0.3) is 0 Å². The third-order valence-corrected chi connectivity index (χ3v) is 2.59. The van der Waals surface area contributed by atoms with Gasteiger partial charge in [0.2, 0.25) is 0 Å². The van der Waals surface area contributed by atoms with Gasteiger partial charge in [0.05, 0.1) is 12.7 Å². The van der Waals surface area contributed by atoms with E-state index in [1.807, 2.05) is 37.3 Å². The number of rotatable bonds is 6. The molecule has 3 nitrogen and oxygen atoms in total. The van der Waals surface area contributed by atoms with E-state index in [1.54, 1.807) is 6.92 Å². The minimum absolute atomic E-state index is 0.335. The summed E-state index contributed by atoms with van der Waals surface area (Å²) in [5, 5.41) is 10.1. The van der Waals surface area contributed by atoms with Gasteiger partial charge < -0.3 is 9.84 Å². The van der Waals surface area contributed by atoms with E-state index in [1.165, 1.54) is 6.08 Å². The number of carbonyl (C=O) groups is 1. The lowest BCUT2D eigenvalue weighted by atomic mass is 9.97. The predicted octanol–water partition coefficient (Wildman–Crippen LogP) is 2.79. The topological polar surface area (TPSA) is 46.5 Å². The van der Waals surface area contributed by atoms with Crippen molar-refractivity contribution in [3.63, 3.8) is 0 Å². The van der Waals surface area contributed by atoms with Crippen LogP contribution in [0.4, 0.5) is 0 Å². The predicted molar refractivity (Wildman–Crippen MR) is 72.0 cm³/mol. The van der Waals surface area contributed by atoms with Crippen molar-refractivity contribution in [2.24, 2.45) is 0 Å². The number of ether oxygens (including phenoxy) is 1. The molecule has 1 atom stereocenters. The zero-order valence-electron chi connectivity index (χ0n) is 10.9. The molecule has 1 aromatic rings. The molecule has 0 aliphatic heterocycles. The minimum Gasteiger partial charge on any atom is -0.463 e. The number of aliphatic hydroxyl groups is 1. The van der Waals surface area contributed by atoms with E-state index < -0.39 is 12.1 Å². The number of aliphatic hydroxyl groups excluding tert-OH is 1. The summed E-state index contributed by atoms with van der Waals surface area (Å²) in [5.41, 5.74) is 1.47. The first-order chi connectivity index (χ1) is 8.69. The van der Waals surface area contributed by atoms with E-state index in [0.717, 1.165) is 12.0 Å². The second-order valence-corrected chi connectivity index (χ2v) is 4.02. The minimum atomic E-state index is -0.637. The van der Waals surface area contributed by atoms with Crippen LogP contribution >= 0.6 is 0 Å². The van der Waals surface area contributed by atoms with Gasteiger partial charge >= 0.3 is 5.97 Å². The van der Waals surface area contributed by atoms with E-state index >= 15 is 0 Å². The van der Waals surface area contributed by atoms with Crippen molar-refractivity contribution in [1.82, 2.24) is 0 Å². The number of hydrogen-bond acceptors (Lipinski definition) is 3. The molecule has 1 unspecified atom stereocenters. The maximum Gasteiger partial charge on any atom is 0.331 e. The van der Waals surface area contributed by atoms with Crippen molar-refractivity contribution >= 4 is 11.5 Å². The summed E-state index contributed by atoms with van der Waals surface area (Å²) in [7, 11) is 0. The normalized spacial score (nSPS) is 13.2. The Morgan fingerprint density at radius 2 is 2.00 bits per heavy atom. The molecule has 0 saturated heterocycles. The average molecular weight is 248 g/mol. The van der Waals surface area contributed by atoms with Crippen LogP contribution in [0.5, 0.6) is 0 Å². The summed E-state index contributed by atoms with van der Waals surface area (Å²) in [6, 6.07) is 9.42. The van der Waals surface area contributed by atoms with Crippen LogP contribution in [0.25, 0.3) is 5.57 Å². The second kappa shape index (κ2) is 7.67. The van der Waals surface area contributed by atoms with Crippen molar-refractivity contribution in [2.75, 3.05) is 6.61 Å². The lowest BCUT2D eigenvalue weighted by Gasteiger charge is -2.14. The van der Waals surface area contributed by atoms with E-state index in [4.69, 9.17) is 4.74 Å². The van der Waals surface area contributed by atoms with Gasteiger partial charge in [0.1, 0.15) is 0 Å². The largest absolute Gasteiger partial charge is 0.463 e. The Bertz CT molecular complexity index is 395. The van der Waals surface area contributed by atoms with Crippen LogP contribution < -0.4 is 0 Å². The van der Waals surface area contributed by atoms with E-state index in [-0.39, 0.29) is 0 Å². The van der Waals surface area contributed by atoms with E-state index in [9.17, 15) is 9.90 Å². The maximum absolute atomic E-state index is 11.5. The number of esters is 1. The van der Waals surface area contributed by atoms with Crippen LogP contribution in [0.3, 0.4) is 0 Å². The van der Waals surface area contributed by atoms with Gasteiger partial charge in [-0.15, -0.1) is 0 Å². The first kappa shape index (κ1) is 14.5. The molecule has 0 aromatic heterocycles. The highest BCUT2D eigenvalue weighted by Crippen LogP contribution is 2.21. The van der Waals surface area contributed by atoms with Gasteiger partial charge in [-0.1, -0.05) is 43.7 Å². The molecule has 0 amide bonds. The van der Waals surface area contributed by atoms with E-state index in [2.05, 4.69) is 0 Å². The third-order valence-electron chi connectivity index (χ3n) is 2.59. The molecular weight excluding hydrogens is 228 g/mol. The van der Waals surface area contributed by atoms with Gasteiger partial charge in [-0.3, -0.25) is 0 Å². The fourth-order valence-electron chi connectivity index (χ4n) is 1.74. The van der Waals surface area contributed by atoms with Crippen molar-refractivity contribution in [3.05, 3.63) is 42.0 Å². The third kappa shape index (κ3) is 4.34. The number of hydrogen-bond donors (Lipinski definition) is 1. The quantitative estimate of drug-likeness (QED) is 0.622. The monoisotopic (exact) mass is 248 g/mol. The van der Waals surface area contributed by atoms with Crippen LogP contribution in [-0.2, 0) is 9.53 Å². The fourth-order valence-corrected chi connectivity index (χ4v) is 1.74. The Balaban J connectivity index is 2.99. The summed E-state index contributed by atoms with van der Waals surface area (Å²) in [6.45, 7) is 4.09. The van der Waals surface area contributed by atoms with Crippen molar-refractivity contribution in [1.29, 1.82) is 0 Å². The summed E-state index contributed by atoms with van der Waals surface area (Å²) >= 11 is 0. The van der Waals surface area contributed by atoms with Crippen LogP contribution in [0.2, 0.25) is 0 Å². The standard InChI is InChI=1S/C15H20O3/c1-3-8-14(16)13(11-15(17)18-4-2)12-9-6-5-7-10-12/h5-7,9-11,14,16H,3-4,8H2,1-2H3. The average Bonchev–Trinajstić information content (AvgIpc) is 2.37. The highest BCUT2D eigenvalue weighted by molar-refractivity contribution is 5.92. The first-order valence-corrected chi connectivity index (χ1v) is 6.30. The summed E-state index contributed by atoms with van der Waals surface area (Å²) in [5.74, 6) is -0.411. The Hall–Kier alpha value is -1.61. The molecule has 0 fully saturated rings. The van der Waals surface area contributed by atoms with Gasteiger partial charge in [0.15, 0.2) is 0 Å². The molecule has 0 aliphatic rings. The SMILES string of the molecule is CCCC(O)C(=CC(=O)OCC)c1ccccc1. The summed E-state index contributed by atoms with van der Waals surface area (Å²) in [4.78, 5) is 11.5. The lowest BCUT2D eigenvalue weighted by Crippen LogP contribution is -2.12. The van der Waals surface area contributed by atoms with Crippen molar-refractivity contribution in [3.8, 4) is 0 Å².